The Morgan fingerprint density at radius 3 is 2.48 bits per heavy atom. The molecule has 5 rings (SSSR count). The molecule has 0 spiro atoms. The quantitative estimate of drug-likeness (QED) is 0.466. The van der Waals surface area contributed by atoms with Gasteiger partial charge >= 0.3 is 0 Å². The van der Waals surface area contributed by atoms with Crippen LogP contribution < -0.4 is 10.2 Å². The molecule has 5 aromatic rings. The van der Waals surface area contributed by atoms with Crippen molar-refractivity contribution >= 4 is 27.6 Å². The van der Waals surface area contributed by atoms with E-state index >= 15 is 0 Å². The number of rotatable bonds is 2. The van der Waals surface area contributed by atoms with Crippen LogP contribution in [-0.4, -0.2) is 21.5 Å². The van der Waals surface area contributed by atoms with Crippen LogP contribution in [0.5, 0.6) is 5.75 Å². The fourth-order valence-corrected chi connectivity index (χ4v) is 3.37. The molecule has 2 aromatic carbocycles. The molecule has 0 saturated heterocycles. The summed E-state index contributed by atoms with van der Waals surface area (Å²) >= 11 is 0. The average molecular weight is 327 g/mol. The SMILES string of the molecule is COc1ccc(-c2nc3nccc4c(=O)c5ccccc5c2n34)cc1. The van der Waals surface area contributed by atoms with Gasteiger partial charge in [-0.05, 0) is 30.3 Å². The van der Waals surface area contributed by atoms with Crippen molar-refractivity contribution in [1.82, 2.24) is 14.4 Å². The predicted molar refractivity (Wildman–Crippen MR) is 97.4 cm³/mol. The standard InChI is InChI=1S/C20H13N3O2/c1-25-13-8-6-12(7-9-13)17-18-14-4-2-3-5-15(14)19(24)16-10-11-21-20(22-17)23(16)18/h2-11H,1H3. The fraction of sp³-hybridized carbons (Fsp3) is 0.0500. The van der Waals surface area contributed by atoms with Crippen molar-refractivity contribution in [2.75, 3.05) is 7.11 Å². The van der Waals surface area contributed by atoms with Crippen molar-refractivity contribution in [2.45, 2.75) is 0 Å². The summed E-state index contributed by atoms with van der Waals surface area (Å²) in [6.45, 7) is 0. The van der Waals surface area contributed by atoms with E-state index in [9.17, 15) is 4.79 Å². The van der Waals surface area contributed by atoms with E-state index in [0.29, 0.717) is 16.7 Å². The number of aromatic nitrogens is 3. The van der Waals surface area contributed by atoms with E-state index in [1.54, 1.807) is 19.4 Å². The lowest BCUT2D eigenvalue weighted by molar-refractivity contribution is 0.415. The first-order valence-corrected chi connectivity index (χ1v) is 7.94. The van der Waals surface area contributed by atoms with Gasteiger partial charge in [0.05, 0.1) is 23.8 Å². The summed E-state index contributed by atoms with van der Waals surface area (Å²) < 4.78 is 7.09. The molecular weight excluding hydrogens is 314 g/mol. The predicted octanol–water partition coefficient (Wildman–Crippen LogP) is 3.51. The van der Waals surface area contributed by atoms with Crippen molar-refractivity contribution in [3.05, 3.63) is 71.0 Å². The second kappa shape index (κ2) is 5.01. The molecule has 3 aromatic heterocycles. The molecule has 0 aliphatic rings. The Hall–Kier alpha value is -3.47. The van der Waals surface area contributed by atoms with Gasteiger partial charge < -0.3 is 4.74 Å². The topological polar surface area (TPSA) is 56.5 Å². The maximum Gasteiger partial charge on any atom is 0.235 e. The average Bonchev–Trinajstić information content (AvgIpc) is 3.06. The summed E-state index contributed by atoms with van der Waals surface area (Å²) in [7, 11) is 1.64. The van der Waals surface area contributed by atoms with E-state index in [2.05, 4.69) is 4.98 Å². The monoisotopic (exact) mass is 327 g/mol. The van der Waals surface area contributed by atoms with E-state index in [1.807, 2.05) is 52.9 Å². The highest BCUT2D eigenvalue weighted by Crippen LogP contribution is 2.32. The lowest BCUT2D eigenvalue weighted by Gasteiger charge is -2.06. The lowest BCUT2D eigenvalue weighted by atomic mass is 10.1. The molecule has 0 aliphatic heterocycles. The molecule has 0 amide bonds. The van der Waals surface area contributed by atoms with Crippen molar-refractivity contribution < 1.29 is 4.74 Å². The van der Waals surface area contributed by atoms with Crippen LogP contribution in [0.3, 0.4) is 0 Å². The number of hydrogen-bond donors (Lipinski definition) is 0. The molecule has 5 heteroatoms. The zero-order valence-electron chi connectivity index (χ0n) is 13.4. The molecule has 0 N–H and O–H groups in total. The van der Waals surface area contributed by atoms with E-state index < -0.39 is 0 Å². The van der Waals surface area contributed by atoms with Crippen molar-refractivity contribution in [3.63, 3.8) is 0 Å². The molecule has 0 saturated carbocycles. The number of pyridine rings is 1. The third-order valence-corrected chi connectivity index (χ3v) is 4.55. The molecule has 3 heterocycles. The number of nitrogens with zero attached hydrogens (tertiary/aromatic N) is 3. The third kappa shape index (κ3) is 1.86. The van der Waals surface area contributed by atoms with Gasteiger partial charge in [-0.25, -0.2) is 9.97 Å². The smallest absolute Gasteiger partial charge is 0.235 e. The number of benzene rings is 2. The van der Waals surface area contributed by atoms with Crippen LogP contribution in [0.2, 0.25) is 0 Å². The number of hydrogen-bond acceptors (Lipinski definition) is 4. The number of ether oxygens (including phenoxy) is 1. The van der Waals surface area contributed by atoms with Crippen LogP contribution in [0.4, 0.5) is 0 Å². The molecule has 0 radical (unpaired) electrons. The largest absolute Gasteiger partial charge is 0.497 e. The lowest BCUT2D eigenvalue weighted by Crippen LogP contribution is -2.08. The molecule has 120 valence electrons. The first kappa shape index (κ1) is 13.9. The molecule has 0 atom stereocenters. The van der Waals surface area contributed by atoms with Crippen LogP contribution in [0.1, 0.15) is 0 Å². The Morgan fingerprint density at radius 2 is 1.72 bits per heavy atom. The maximum atomic E-state index is 12.8. The summed E-state index contributed by atoms with van der Waals surface area (Å²) in [6.07, 6.45) is 1.63. The summed E-state index contributed by atoms with van der Waals surface area (Å²) in [5, 5.41) is 1.57. The third-order valence-electron chi connectivity index (χ3n) is 4.55. The molecule has 0 bridgehead atoms. The minimum Gasteiger partial charge on any atom is -0.497 e. The van der Waals surface area contributed by atoms with Gasteiger partial charge in [0.1, 0.15) is 5.75 Å². The summed E-state index contributed by atoms with van der Waals surface area (Å²) in [4.78, 5) is 21.9. The maximum absolute atomic E-state index is 12.8. The van der Waals surface area contributed by atoms with Crippen LogP contribution in [0.25, 0.3) is 38.8 Å². The molecular formula is C20H13N3O2. The zero-order valence-corrected chi connectivity index (χ0v) is 13.4. The van der Waals surface area contributed by atoms with Gasteiger partial charge in [0.2, 0.25) is 11.2 Å². The van der Waals surface area contributed by atoms with Crippen LogP contribution >= 0.6 is 0 Å². The summed E-state index contributed by atoms with van der Waals surface area (Å²) in [5.41, 5.74) is 3.25. The normalized spacial score (nSPS) is 11.6. The number of imidazole rings is 1. The molecule has 25 heavy (non-hydrogen) atoms. The Kier molecular flexibility index (Phi) is 2.79. The van der Waals surface area contributed by atoms with Gasteiger partial charge in [0, 0.05) is 22.5 Å². The second-order valence-corrected chi connectivity index (χ2v) is 5.88. The van der Waals surface area contributed by atoms with Crippen molar-refractivity contribution in [1.29, 1.82) is 0 Å². The number of methoxy groups -OCH3 is 1. The van der Waals surface area contributed by atoms with Crippen LogP contribution in [0.15, 0.2) is 65.6 Å². The minimum atomic E-state index is -0.00539. The van der Waals surface area contributed by atoms with Crippen molar-refractivity contribution in [3.8, 4) is 17.0 Å². The van der Waals surface area contributed by atoms with Gasteiger partial charge in [-0.15, -0.1) is 0 Å². The highest BCUT2D eigenvalue weighted by Gasteiger charge is 2.18. The van der Waals surface area contributed by atoms with Gasteiger partial charge in [0.25, 0.3) is 0 Å². The molecule has 0 aliphatic carbocycles. The van der Waals surface area contributed by atoms with E-state index in [4.69, 9.17) is 9.72 Å². The highest BCUT2D eigenvalue weighted by atomic mass is 16.5. The second-order valence-electron chi connectivity index (χ2n) is 5.88. The van der Waals surface area contributed by atoms with Gasteiger partial charge in [-0.1, -0.05) is 24.3 Å². The summed E-state index contributed by atoms with van der Waals surface area (Å²) in [6, 6.07) is 17.1. The van der Waals surface area contributed by atoms with Gasteiger partial charge in [0.15, 0.2) is 0 Å². The number of fused-ring (bicyclic) bond motifs is 2. The Balaban J connectivity index is 1.99. The van der Waals surface area contributed by atoms with Gasteiger partial charge in [-0.2, -0.15) is 0 Å². The molecule has 0 unspecified atom stereocenters. The molecule has 0 fully saturated rings. The zero-order chi connectivity index (χ0) is 17.0. The van der Waals surface area contributed by atoms with E-state index in [0.717, 1.165) is 27.9 Å². The Bertz CT molecular complexity index is 1290. The minimum absolute atomic E-state index is 0.00539. The Labute approximate surface area is 142 Å². The van der Waals surface area contributed by atoms with Gasteiger partial charge in [-0.3, -0.25) is 9.20 Å². The van der Waals surface area contributed by atoms with E-state index in [-0.39, 0.29) is 5.43 Å². The summed E-state index contributed by atoms with van der Waals surface area (Å²) in [5.74, 6) is 1.32. The fourth-order valence-electron chi connectivity index (χ4n) is 3.37. The first-order valence-electron chi connectivity index (χ1n) is 7.94. The van der Waals surface area contributed by atoms with Crippen molar-refractivity contribution in [2.24, 2.45) is 0 Å². The van der Waals surface area contributed by atoms with Crippen LogP contribution in [0, 0.1) is 0 Å². The van der Waals surface area contributed by atoms with Crippen LogP contribution in [-0.2, 0) is 0 Å². The highest BCUT2D eigenvalue weighted by molar-refractivity contribution is 6.05. The first-order chi connectivity index (χ1) is 12.3. The Morgan fingerprint density at radius 1 is 0.960 bits per heavy atom. The van der Waals surface area contributed by atoms with E-state index in [1.165, 1.54) is 0 Å². The molecule has 5 nitrogen and oxygen atoms in total.